The van der Waals surface area contributed by atoms with Crippen LogP contribution in [0, 0.1) is 27.7 Å². The molecule has 2 aromatic rings. The van der Waals surface area contributed by atoms with Gasteiger partial charge in [-0.2, -0.15) is 0 Å². The summed E-state index contributed by atoms with van der Waals surface area (Å²) in [4.78, 5) is 27.7. The van der Waals surface area contributed by atoms with Crippen LogP contribution in [-0.2, 0) is 0 Å². The summed E-state index contributed by atoms with van der Waals surface area (Å²) in [6.45, 7) is 11.4. The number of carbonyl (C=O) groups is 2. The first-order valence-corrected chi connectivity index (χ1v) is 8.16. The summed E-state index contributed by atoms with van der Waals surface area (Å²) in [6, 6.07) is 5.83. The van der Waals surface area contributed by atoms with Crippen molar-refractivity contribution in [3.63, 3.8) is 0 Å². The van der Waals surface area contributed by atoms with Crippen LogP contribution in [0.15, 0.2) is 30.9 Å². The zero-order valence-electron chi connectivity index (χ0n) is 15.2. The van der Waals surface area contributed by atoms with Gasteiger partial charge < -0.3 is 15.0 Å². The van der Waals surface area contributed by atoms with Crippen molar-refractivity contribution in [2.24, 2.45) is 0 Å². The maximum atomic E-state index is 12.6. The molecule has 1 aromatic heterocycles. The van der Waals surface area contributed by atoms with Gasteiger partial charge in [0.1, 0.15) is 11.4 Å². The minimum atomic E-state index is -0.255. The summed E-state index contributed by atoms with van der Waals surface area (Å²) in [6.07, 6.45) is 1.60. The van der Waals surface area contributed by atoms with E-state index >= 15 is 0 Å². The lowest BCUT2D eigenvalue weighted by molar-refractivity contribution is 0.0920. The van der Waals surface area contributed by atoms with E-state index in [1.807, 2.05) is 32.0 Å². The standard InChI is InChI=1S/C20H24N2O3/c1-6-7-21-20(24)19-14(4)18(15(5)22-19)17(23)11-25-16-9-12(2)8-13(3)10-16/h6,8-10,22H,1,7,11H2,2-5H3,(H,21,24). The lowest BCUT2D eigenvalue weighted by Crippen LogP contribution is -2.24. The fraction of sp³-hybridized carbons (Fsp3) is 0.300. The summed E-state index contributed by atoms with van der Waals surface area (Å²) in [5.41, 5.74) is 4.36. The molecule has 1 aromatic carbocycles. The fourth-order valence-electron chi connectivity index (χ4n) is 2.89. The van der Waals surface area contributed by atoms with Gasteiger partial charge in [0, 0.05) is 17.8 Å². The maximum absolute atomic E-state index is 12.6. The van der Waals surface area contributed by atoms with Crippen molar-refractivity contribution < 1.29 is 14.3 Å². The van der Waals surface area contributed by atoms with Gasteiger partial charge in [0.05, 0.1) is 0 Å². The van der Waals surface area contributed by atoms with E-state index in [0.717, 1.165) is 11.1 Å². The van der Waals surface area contributed by atoms with Gasteiger partial charge in [0.25, 0.3) is 5.91 Å². The monoisotopic (exact) mass is 340 g/mol. The third-order valence-electron chi connectivity index (χ3n) is 3.92. The van der Waals surface area contributed by atoms with E-state index in [4.69, 9.17) is 4.74 Å². The van der Waals surface area contributed by atoms with Gasteiger partial charge in [-0.3, -0.25) is 9.59 Å². The Hall–Kier alpha value is -2.82. The van der Waals surface area contributed by atoms with E-state index in [-0.39, 0.29) is 18.3 Å². The maximum Gasteiger partial charge on any atom is 0.268 e. The third-order valence-corrected chi connectivity index (χ3v) is 3.92. The quantitative estimate of drug-likeness (QED) is 0.599. The van der Waals surface area contributed by atoms with Crippen LogP contribution in [0.4, 0.5) is 0 Å². The molecule has 0 aliphatic heterocycles. The summed E-state index contributed by atoms with van der Waals surface area (Å²) >= 11 is 0. The third kappa shape index (κ3) is 4.38. The van der Waals surface area contributed by atoms with Crippen LogP contribution in [0.5, 0.6) is 5.75 Å². The zero-order valence-corrected chi connectivity index (χ0v) is 15.2. The highest BCUT2D eigenvalue weighted by Gasteiger charge is 2.22. The van der Waals surface area contributed by atoms with Crippen LogP contribution in [-0.4, -0.2) is 29.8 Å². The summed E-state index contributed by atoms with van der Waals surface area (Å²) in [7, 11) is 0. The van der Waals surface area contributed by atoms with Crippen molar-refractivity contribution in [1.82, 2.24) is 10.3 Å². The number of aromatic amines is 1. The fourth-order valence-corrected chi connectivity index (χ4v) is 2.89. The molecule has 2 rings (SSSR count). The number of Topliss-reactive ketones (excluding diaryl/α,β-unsaturated/α-hetero) is 1. The number of hydrogen-bond donors (Lipinski definition) is 2. The highest BCUT2D eigenvalue weighted by Crippen LogP contribution is 2.20. The second-order valence-corrected chi connectivity index (χ2v) is 6.16. The Kier molecular flexibility index (Phi) is 5.80. The van der Waals surface area contributed by atoms with Gasteiger partial charge in [0.15, 0.2) is 6.61 Å². The Bertz CT molecular complexity index is 798. The van der Waals surface area contributed by atoms with Crippen molar-refractivity contribution in [1.29, 1.82) is 0 Å². The molecule has 25 heavy (non-hydrogen) atoms. The average Bonchev–Trinajstić information content (AvgIpc) is 2.84. The van der Waals surface area contributed by atoms with Gasteiger partial charge in [-0.1, -0.05) is 12.1 Å². The number of ketones is 1. The Labute approximate surface area is 148 Å². The van der Waals surface area contributed by atoms with E-state index in [1.54, 1.807) is 19.9 Å². The van der Waals surface area contributed by atoms with Crippen LogP contribution in [0.2, 0.25) is 0 Å². The number of hydrogen-bond acceptors (Lipinski definition) is 3. The van der Waals surface area contributed by atoms with Crippen LogP contribution < -0.4 is 10.1 Å². The number of H-pyrrole nitrogens is 1. The number of nitrogens with one attached hydrogen (secondary N) is 2. The lowest BCUT2D eigenvalue weighted by atomic mass is 10.1. The van der Waals surface area contributed by atoms with Gasteiger partial charge in [-0.05, 0) is 56.5 Å². The lowest BCUT2D eigenvalue weighted by Gasteiger charge is -2.08. The van der Waals surface area contributed by atoms with Gasteiger partial charge in [-0.15, -0.1) is 6.58 Å². The number of rotatable bonds is 7. The molecule has 5 heteroatoms. The molecule has 0 aliphatic carbocycles. The predicted octanol–water partition coefficient (Wildman–Crippen LogP) is 3.43. The SMILES string of the molecule is C=CCNC(=O)c1[nH]c(C)c(C(=O)COc2cc(C)cc(C)c2)c1C. The first-order chi connectivity index (χ1) is 11.8. The van der Waals surface area contributed by atoms with Crippen LogP contribution in [0.3, 0.4) is 0 Å². The summed E-state index contributed by atoms with van der Waals surface area (Å²) in [5.74, 6) is 0.253. The Morgan fingerprint density at radius 2 is 1.80 bits per heavy atom. The average molecular weight is 340 g/mol. The molecule has 0 atom stereocenters. The molecule has 0 saturated carbocycles. The molecule has 132 valence electrons. The zero-order chi connectivity index (χ0) is 18.6. The van der Waals surface area contributed by atoms with E-state index in [0.29, 0.717) is 34.8 Å². The normalized spacial score (nSPS) is 10.4. The molecule has 5 nitrogen and oxygen atoms in total. The van der Waals surface area contributed by atoms with Crippen LogP contribution in [0.1, 0.15) is 43.2 Å². The van der Waals surface area contributed by atoms with E-state index in [1.165, 1.54) is 0 Å². The largest absolute Gasteiger partial charge is 0.485 e. The van der Waals surface area contributed by atoms with Gasteiger partial charge >= 0.3 is 0 Å². The minimum absolute atomic E-state index is 0.0733. The second kappa shape index (κ2) is 7.83. The number of benzene rings is 1. The molecule has 0 fully saturated rings. The van der Waals surface area contributed by atoms with E-state index < -0.39 is 0 Å². The summed E-state index contributed by atoms with van der Waals surface area (Å²) < 4.78 is 5.65. The number of amides is 1. The number of ether oxygens (including phenoxy) is 1. The van der Waals surface area contributed by atoms with Crippen molar-refractivity contribution in [2.45, 2.75) is 27.7 Å². The molecule has 1 heterocycles. The van der Waals surface area contributed by atoms with Gasteiger partial charge in [0.2, 0.25) is 5.78 Å². The predicted molar refractivity (Wildman–Crippen MR) is 98.5 cm³/mol. The molecule has 0 unspecified atom stereocenters. The number of aromatic nitrogens is 1. The second-order valence-electron chi connectivity index (χ2n) is 6.16. The van der Waals surface area contributed by atoms with Crippen molar-refractivity contribution >= 4 is 11.7 Å². The Morgan fingerprint density at radius 3 is 2.40 bits per heavy atom. The van der Waals surface area contributed by atoms with Crippen molar-refractivity contribution in [3.8, 4) is 5.75 Å². The smallest absolute Gasteiger partial charge is 0.268 e. The molecular weight excluding hydrogens is 316 g/mol. The minimum Gasteiger partial charge on any atom is -0.485 e. The molecule has 0 radical (unpaired) electrons. The molecule has 0 spiro atoms. The topological polar surface area (TPSA) is 71.2 Å². The molecule has 0 saturated heterocycles. The highest BCUT2D eigenvalue weighted by molar-refractivity contribution is 6.04. The van der Waals surface area contributed by atoms with E-state index in [2.05, 4.69) is 16.9 Å². The Morgan fingerprint density at radius 1 is 1.16 bits per heavy atom. The van der Waals surface area contributed by atoms with Crippen molar-refractivity contribution in [3.05, 3.63) is 64.5 Å². The first kappa shape index (κ1) is 18.5. The molecule has 1 amide bonds. The molecule has 0 aliphatic rings. The Balaban J connectivity index is 2.15. The molecule has 2 N–H and O–H groups in total. The van der Waals surface area contributed by atoms with Gasteiger partial charge in [-0.25, -0.2) is 0 Å². The van der Waals surface area contributed by atoms with E-state index in [9.17, 15) is 9.59 Å². The van der Waals surface area contributed by atoms with Crippen LogP contribution >= 0.6 is 0 Å². The number of aryl methyl sites for hydroxylation is 3. The summed E-state index contributed by atoms with van der Waals surface area (Å²) in [5, 5.41) is 2.71. The van der Waals surface area contributed by atoms with Crippen LogP contribution in [0.25, 0.3) is 0 Å². The number of carbonyl (C=O) groups excluding carboxylic acids is 2. The first-order valence-electron chi connectivity index (χ1n) is 8.16. The molecule has 0 bridgehead atoms. The highest BCUT2D eigenvalue weighted by atomic mass is 16.5. The molecular formula is C20H24N2O3. The van der Waals surface area contributed by atoms with Crippen molar-refractivity contribution in [2.75, 3.05) is 13.2 Å².